The average molecular weight is 570 g/mol. The van der Waals surface area contributed by atoms with E-state index in [0.717, 1.165) is 12.8 Å². The predicted molar refractivity (Wildman–Crippen MR) is 147 cm³/mol. The fourth-order valence-electron chi connectivity index (χ4n) is 5.08. The number of halogens is 2. The summed E-state index contributed by atoms with van der Waals surface area (Å²) in [5.41, 5.74) is -0.641. The molecule has 1 amide bonds. The third-order valence-corrected chi connectivity index (χ3v) is 8.18. The number of hydrogen-bond donors (Lipinski definition) is 3. The largest absolute Gasteiger partial charge is 0.478 e. The van der Waals surface area contributed by atoms with Gasteiger partial charge < -0.3 is 20.1 Å². The summed E-state index contributed by atoms with van der Waals surface area (Å²) in [6.45, 7) is 3.30. The Morgan fingerprint density at radius 2 is 1.69 bits per heavy atom. The topological polar surface area (TPSA) is 107 Å². The first-order valence-corrected chi connectivity index (χ1v) is 13.4. The van der Waals surface area contributed by atoms with E-state index >= 15 is 0 Å². The monoisotopic (exact) mass is 569 g/mol. The third kappa shape index (κ3) is 4.94. The lowest BCUT2D eigenvalue weighted by Crippen LogP contribution is -2.47. The molecule has 1 atom stereocenters. The van der Waals surface area contributed by atoms with Crippen molar-refractivity contribution < 1.29 is 29.6 Å². The van der Waals surface area contributed by atoms with Gasteiger partial charge in [-0.2, -0.15) is 0 Å². The van der Waals surface area contributed by atoms with Gasteiger partial charge in [-0.05, 0) is 68.1 Å². The van der Waals surface area contributed by atoms with E-state index in [1.54, 1.807) is 68.4 Å². The molecule has 0 spiro atoms. The molecule has 0 aromatic heterocycles. The Morgan fingerprint density at radius 3 is 2.28 bits per heavy atom. The molecule has 2 aliphatic rings. The molecule has 9 heteroatoms. The minimum Gasteiger partial charge on any atom is -0.478 e. The summed E-state index contributed by atoms with van der Waals surface area (Å²) in [7, 11) is 0. The molecule has 0 unspecified atom stereocenters. The fraction of sp³-hybridized carbons (Fsp3) is 0.333. The van der Waals surface area contributed by atoms with Crippen LogP contribution in [-0.2, 0) is 22.6 Å². The summed E-state index contributed by atoms with van der Waals surface area (Å²) >= 11 is 12.3. The van der Waals surface area contributed by atoms with E-state index in [-0.39, 0.29) is 36.3 Å². The Bertz CT molecular complexity index is 1440. The number of rotatable bonds is 9. The Kier molecular flexibility index (Phi) is 7.02. The number of fused-ring (bicyclic) bond motifs is 1. The van der Waals surface area contributed by atoms with Gasteiger partial charge in [0.15, 0.2) is 5.72 Å². The fourth-order valence-corrected chi connectivity index (χ4v) is 5.38. The number of nitrogens with zero attached hydrogens (tertiary/aromatic N) is 1. The second-order valence-corrected chi connectivity index (χ2v) is 11.8. The van der Waals surface area contributed by atoms with Crippen LogP contribution in [-0.4, -0.2) is 45.3 Å². The summed E-state index contributed by atoms with van der Waals surface area (Å²) < 4.78 is 6.73. The van der Waals surface area contributed by atoms with Crippen LogP contribution in [0.3, 0.4) is 0 Å². The zero-order valence-electron chi connectivity index (χ0n) is 21.6. The maximum absolute atomic E-state index is 14.2. The standard InChI is InChI=1S/C30H29Cl2NO6/c1-28(2,38)20-6-10-25-24(13-20)26(35)33(15-18-3-7-22(32)14-23(18)27(36)37)30(25,19-4-8-21(31)9-5-19)39-17-29(16-34)11-12-29/h3-10,13-14,34,38H,11-12,15-17H2,1-2H3,(H,36,37)/t30-/m1/s1. The molecule has 3 N–H and O–H groups in total. The molecular weight excluding hydrogens is 541 g/mol. The lowest BCUT2D eigenvalue weighted by atomic mass is 9.89. The first-order valence-electron chi connectivity index (χ1n) is 12.6. The van der Waals surface area contributed by atoms with E-state index in [0.29, 0.717) is 32.8 Å². The van der Waals surface area contributed by atoms with Crippen molar-refractivity contribution in [1.82, 2.24) is 4.90 Å². The van der Waals surface area contributed by atoms with Crippen molar-refractivity contribution in [3.8, 4) is 0 Å². The molecule has 1 saturated carbocycles. The second-order valence-electron chi connectivity index (χ2n) is 10.9. The third-order valence-electron chi connectivity index (χ3n) is 7.69. The van der Waals surface area contributed by atoms with Gasteiger partial charge in [-0.15, -0.1) is 0 Å². The number of aromatic carboxylic acids is 1. The molecule has 1 heterocycles. The van der Waals surface area contributed by atoms with Crippen molar-refractivity contribution in [2.75, 3.05) is 13.2 Å². The molecule has 0 bridgehead atoms. The van der Waals surface area contributed by atoms with Gasteiger partial charge in [-0.25, -0.2) is 4.79 Å². The average Bonchev–Trinajstić information content (AvgIpc) is 3.64. The highest BCUT2D eigenvalue weighted by Crippen LogP contribution is 2.51. The van der Waals surface area contributed by atoms with Crippen LogP contribution in [0.25, 0.3) is 0 Å². The highest BCUT2D eigenvalue weighted by molar-refractivity contribution is 6.31. The van der Waals surface area contributed by atoms with Crippen LogP contribution < -0.4 is 0 Å². The molecule has 0 radical (unpaired) electrons. The van der Waals surface area contributed by atoms with Crippen molar-refractivity contribution in [2.45, 2.75) is 44.6 Å². The summed E-state index contributed by atoms with van der Waals surface area (Å²) in [6, 6.07) is 16.7. The van der Waals surface area contributed by atoms with E-state index in [1.807, 2.05) is 0 Å². The molecule has 1 aliphatic heterocycles. The van der Waals surface area contributed by atoms with Crippen LogP contribution in [0.15, 0.2) is 60.7 Å². The van der Waals surface area contributed by atoms with E-state index in [4.69, 9.17) is 27.9 Å². The smallest absolute Gasteiger partial charge is 0.336 e. The van der Waals surface area contributed by atoms with Crippen molar-refractivity contribution in [1.29, 1.82) is 0 Å². The summed E-state index contributed by atoms with van der Waals surface area (Å²) in [5.74, 6) is -1.55. The van der Waals surface area contributed by atoms with E-state index < -0.39 is 22.7 Å². The zero-order chi connectivity index (χ0) is 28.2. The van der Waals surface area contributed by atoms with Gasteiger partial charge in [-0.3, -0.25) is 9.69 Å². The van der Waals surface area contributed by atoms with Crippen molar-refractivity contribution in [3.63, 3.8) is 0 Å². The quantitative estimate of drug-likeness (QED) is 0.311. The van der Waals surface area contributed by atoms with E-state index in [1.165, 1.54) is 11.0 Å². The first-order chi connectivity index (χ1) is 18.4. The maximum atomic E-state index is 14.2. The molecule has 7 nitrogen and oxygen atoms in total. The van der Waals surface area contributed by atoms with E-state index in [9.17, 15) is 24.9 Å². The van der Waals surface area contributed by atoms with Gasteiger partial charge in [0, 0.05) is 32.2 Å². The second kappa shape index (κ2) is 9.91. The summed E-state index contributed by atoms with van der Waals surface area (Å²) in [6.07, 6.45) is 1.58. The summed E-state index contributed by atoms with van der Waals surface area (Å²) in [5, 5.41) is 31.4. The minimum absolute atomic E-state index is 0.0255. The Hall–Kier alpha value is -2.94. The Morgan fingerprint density at radius 1 is 1.03 bits per heavy atom. The molecule has 1 aliphatic carbocycles. The number of aliphatic hydroxyl groups is 2. The molecule has 3 aromatic carbocycles. The van der Waals surface area contributed by atoms with Crippen LogP contribution in [0, 0.1) is 5.41 Å². The molecule has 3 aromatic rings. The van der Waals surface area contributed by atoms with Gasteiger partial charge >= 0.3 is 5.97 Å². The number of hydrogen-bond acceptors (Lipinski definition) is 5. The molecule has 0 saturated heterocycles. The highest BCUT2D eigenvalue weighted by Gasteiger charge is 2.55. The number of carbonyl (C=O) groups excluding carboxylic acids is 1. The molecule has 39 heavy (non-hydrogen) atoms. The van der Waals surface area contributed by atoms with Crippen LogP contribution in [0.1, 0.15) is 69.7 Å². The molecular formula is C30H29Cl2NO6. The predicted octanol–water partition coefficient (Wildman–Crippen LogP) is 5.57. The maximum Gasteiger partial charge on any atom is 0.336 e. The minimum atomic E-state index is -1.45. The van der Waals surface area contributed by atoms with Crippen LogP contribution in [0.4, 0.5) is 0 Å². The number of benzene rings is 3. The zero-order valence-corrected chi connectivity index (χ0v) is 23.1. The number of aliphatic hydroxyl groups excluding tert-OH is 1. The first kappa shape index (κ1) is 27.6. The number of amides is 1. The molecule has 1 fully saturated rings. The number of carboxylic acids is 1. The van der Waals surface area contributed by atoms with Crippen LogP contribution >= 0.6 is 23.2 Å². The Balaban J connectivity index is 1.73. The lowest BCUT2D eigenvalue weighted by molar-refractivity contribution is -0.129. The highest BCUT2D eigenvalue weighted by atomic mass is 35.5. The van der Waals surface area contributed by atoms with Crippen LogP contribution in [0.2, 0.25) is 10.0 Å². The number of carbonyl (C=O) groups is 2. The van der Waals surface area contributed by atoms with E-state index in [2.05, 4.69) is 0 Å². The Labute approximate surface area is 236 Å². The van der Waals surface area contributed by atoms with Crippen molar-refractivity contribution >= 4 is 35.1 Å². The van der Waals surface area contributed by atoms with Gasteiger partial charge in [-0.1, -0.05) is 53.5 Å². The van der Waals surface area contributed by atoms with Crippen LogP contribution in [0.5, 0.6) is 0 Å². The molecule has 5 rings (SSSR count). The lowest BCUT2D eigenvalue weighted by Gasteiger charge is -2.40. The van der Waals surface area contributed by atoms with Crippen molar-refractivity contribution in [2.24, 2.45) is 5.41 Å². The number of carboxylic acid groups (broad SMARTS) is 1. The molecule has 204 valence electrons. The van der Waals surface area contributed by atoms with Gasteiger partial charge in [0.1, 0.15) is 0 Å². The normalized spacial score (nSPS) is 19.7. The van der Waals surface area contributed by atoms with Crippen molar-refractivity contribution in [3.05, 3.63) is 104 Å². The van der Waals surface area contributed by atoms with Gasteiger partial charge in [0.2, 0.25) is 0 Å². The van der Waals surface area contributed by atoms with Gasteiger partial charge in [0.05, 0.1) is 30.9 Å². The van der Waals surface area contributed by atoms with Gasteiger partial charge in [0.25, 0.3) is 5.91 Å². The number of ether oxygens (including phenoxy) is 1. The summed E-state index contributed by atoms with van der Waals surface area (Å²) in [4.78, 5) is 27.8. The SMILES string of the molecule is CC(C)(O)c1ccc2c(c1)C(=O)N(Cc1ccc(Cl)cc1C(=O)O)[C@@]2(OCC1(CO)CC1)c1ccc(Cl)cc1.